The van der Waals surface area contributed by atoms with Crippen LogP contribution in [-0.4, -0.2) is 18.9 Å². The van der Waals surface area contributed by atoms with Crippen LogP contribution in [0.4, 0.5) is 0 Å². The van der Waals surface area contributed by atoms with Gasteiger partial charge < -0.3 is 0 Å². The lowest BCUT2D eigenvalue weighted by molar-refractivity contribution is 0.457. The fourth-order valence-corrected chi connectivity index (χ4v) is 7.57. The van der Waals surface area contributed by atoms with Crippen molar-refractivity contribution < 1.29 is 0 Å². The summed E-state index contributed by atoms with van der Waals surface area (Å²) in [6.07, 6.45) is 10.5. The Kier molecular flexibility index (Phi) is 5.37. The first-order chi connectivity index (χ1) is 16.1. The van der Waals surface area contributed by atoms with Crippen molar-refractivity contribution in [2.75, 3.05) is 0 Å². The minimum absolute atomic E-state index is 0.0816. The van der Waals surface area contributed by atoms with Gasteiger partial charge in [0.05, 0.1) is 11.1 Å². The fraction of sp³-hybridized carbons (Fsp3) is 0.440. The maximum absolute atomic E-state index is 13.8. The van der Waals surface area contributed by atoms with Gasteiger partial charge in [-0.2, -0.15) is 0 Å². The van der Waals surface area contributed by atoms with Crippen LogP contribution in [0.5, 0.6) is 0 Å². The Morgan fingerprint density at radius 3 is 2.79 bits per heavy atom. The third kappa shape index (κ3) is 3.64. The second-order valence-corrected chi connectivity index (χ2v) is 11.2. The Labute approximate surface area is 199 Å². The van der Waals surface area contributed by atoms with Crippen LogP contribution in [0.2, 0.25) is 0 Å². The van der Waals surface area contributed by atoms with Gasteiger partial charge in [-0.3, -0.25) is 18.6 Å². The molecule has 6 nitrogen and oxygen atoms in total. The highest BCUT2D eigenvalue weighted by Crippen LogP contribution is 2.37. The monoisotopic (exact) mass is 478 g/mol. The van der Waals surface area contributed by atoms with Crippen molar-refractivity contribution in [2.24, 2.45) is 0 Å². The summed E-state index contributed by atoms with van der Waals surface area (Å²) in [5, 5.41) is 1.63. The maximum atomic E-state index is 13.8. The van der Waals surface area contributed by atoms with E-state index in [-0.39, 0.29) is 17.2 Å². The van der Waals surface area contributed by atoms with Crippen molar-refractivity contribution in [1.29, 1.82) is 0 Å². The zero-order valence-electron chi connectivity index (χ0n) is 18.7. The van der Waals surface area contributed by atoms with Crippen molar-refractivity contribution in [1.82, 2.24) is 18.9 Å². The number of hydrogen-bond acceptors (Lipinski definition) is 6. The van der Waals surface area contributed by atoms with Gasteiger partial charge in [-0.1, -0.05) is 30.7 Å². The number of thiophene rings is 1. The lowest BCUT2D eigenvalue weighted by atomic mass is 9.97. The van der Waals surface area contributed by atoms with E-state index in [9.17, 15) is 9.59 Å². The Balaban J connectivity index is 1.43. The van der Waals surface area contributed by atoms with E-state index in [4.69, 9.17) is 9.97 Å². The molecule has 6 rings (SSSR count). The summed E-state index contributed by atoms with van der Waals surface area (Å²) in [5.74, 6) is 0.510. The number of hydrogen-bond donors (Lipinski definition) is 0. The standard InChI is InChI=1S/C25H26N4O2S2/c1-15-7-6-12-28-20(30)13-16(26-22(15)28)14-32-25-27-23-21(18-10-4-5-11-19(18)33-23)24(31)29(25)17-8-2-3-9-17/h6-7,12-13,17H,2-5,8-11,14H2,1H3. The summed E-state index contributed by atoms with van der Waals surface area (Å²) in [5.41, 5.74) is 3.67. The first-order valence-electron chi connectivity index (χ1n) is 11.8. The number of rotatable bonds is 4. The van der Waals surface area contributed by atoms with E-state index in [0.717, 1.165) is 71.6 Å². The summed E-state index contributed by atoms with van der Waals surface area (Å²) >= 11 is 3.23. The predicted octanol–water partition coefficient (Wildman–Crippen LogP) is 5.06. The quantitative estimate of drug-likeness (QED) is 0.303. The van der Waals surface area contributed by atoms with Crippen molar-refractivity contribution >= 4 is 39.0 Å². The lowest BCUT2D eigenvalue weighted by Crippen LogP contribution is -2.26. The minimum atomic E-state index is -0.0816. The van der Waals surface area contributed by atoms with Crippen molar-refractivity contribution in [2.45, 2.75) is 75.2 Å². The number of fused-ring (bicyclic) bond motifs is 4. The van der Waals surface area contributed by atoms with Gasteiger partial charge in [-0.05, 0) is 62.6 Å². The Morgan fingerprint density at radius 2 is 1.94 bits per heavy atom. The van der Waals surface area contributed by atoms with E-state index in [0.29, 0.717) is 11.4 Å². The number of aromatic nitrogens is 4. The average Bonchev–Trinajstić information content (AvgIpc) is 3.46. The molecule has 4 heterocycles. The molecular weight excluding hydrogens is 452 g/mol. The highest BCUT2D eigenvalue weighted by Gasteiger charge is 2.27. The molecule has 0 radical (unpaired) electrons. The van der Waals surface area contributed by atoms with Gasteiger partial charge in [0.1, 0.15) is 10.5 Å². The molecule has 0 atom stereocenters. The maximum Gasteiger partial charge on any atom is 0.263 e. The van der Waals surface area contributed by atoms with Crippen LogP contribution in [0.25, 0.3) is 15.9 Å². The summed E-state index contributed by atoms with van der Waals surface area (Å²) in [4.78, 5) is 38.4. The highest BCUT2D eigenvalue weighted by atomic mass is 32.2. The second kappa shape index (κ2) is 8.40. The summed E-state index contributed by atoms with van der Waals surface area (Å²) in [6.45, 7) is 1.96. The molecule has 2 aliphatic carbocycles. The van der Waals surface area contributed by atoms with Gasteiger partial charge in [-0.15, -0.1) is 11.3 Å². The van der Waals surface area contributed by atoms with Crippen molar-refractivity contribution in [3.63, 3.8) is 0 Å². The Hall–Kier alpha value is -2.45. The first-order valence-corrected chi connectivity index (χ1v) is 13.6. The van der Waals surface area contributed by atoms with Crippen LogP contribution in [-0.2, 0) is 18.6 Å². The summed E-state index contributed by atoms with van der Waals surface area (Å²) in [7, 11) is 0. The van der Waals surface area contributed by atoms with E-state index in [1.807, 2.05) is 23.6 Å². The molecule has 1 saturated carbocycles. The molecule has 0 aromatic carbocycles. The highest BCUT2D eigenvalue weighted by molar-refractivity contribution is 7.98. The van der Waals surface area contributed by atoms with Gasteiger partial charge in [0.25, 0.3) is 11.1 Å². The molecule has 2 aliphatic rings. The van der Waals surface area contributed by atoms with Crippen LogP contribution in [0, 0.1) is 6.92 Å². The lowest BCUT2D eigenvalue weighted by Gasteiger charge is -2.18. The van der Waals surface area contributed by atoms with Gasteiger partial charge in [0, 0.05) is 28.9 Å². The topological polar surface area (TPSA) is 69.3 Å². The van der Waals surface area contributed by atoms with Crippen LogP contribution in [0.3, 0.4) is 0 Å². The molecule has 1 fully saturated rings. The SMILES string of the molecule is Cc1cccn2c(=O)cc(CSc3nc4sc5c(c4c(=O)n3C3CCCC3)CCCC5)nc12. The molecule has 0 bridgehead atoms. The minimum Gasteiger partial charge on any atom is -0.284 e. The van der Waals surface area contributed by atoms with E-state index in [1.165, 1.54) is 28.6 Å². The third-order valence-electron chi connectivity index (χ3n) is 6.97. The van der Waals surface area contributed by atoms with Crippen LogP contribution < -0.4 is 11.1 Å². The zero-order valence-corrected chi connectivity index (χ0v) is 20.3. The predicted molar refractivity (Wildman–Crippen MR) is 134 cm³/mol. The molecule has 4 aromatic rings. The van der Waals surface area contributed by atoms with Gasteiger partial charge in [0.2, 0.25) is 0 Å². The van der Waals surface area contributed by atoms with E-state index in [1.54, 1.807) is 28.0 Å². The van der Waals surface area contributed by atoms with E-state index < -0.39 is 0 Å². The van der Waals surface area contributed by atoms with Gasteiger partial charge in [-0.25, -0.2) is 9.97 Å². The van der Waals surface area contributed by atoms with Crippen molar-refractivity contribution in [3.8, 4) is 0 Å². The summed E-state index contributed by atoms with van der Waals surface area (Å²) < 4.78 is 3.55. The zero-order chi connectivity index (χ0) is 22.5. The normalized spacial score (nSPS) is 16.6. The Morgan fingerprint density at radius 1 is 1.12 bits per heavy atom. The molecule has 0 unspecified atom stereocenters. The fourth-order valence-electron chi connectivity index (χ4n) is 5.31. The molecule has 0 saturated heterocycles. The molecule has 0 aliphatic heterocycles. The first kappa shape index (κ1) is 21.1. The Bertz CT molecular complexity index is 1490. The molecule has 8 heteroatoms. The number of pyridine rings is 1. The number of nitrogens with zero attached hydrogens (tertiary/aromatic N) is 4. The molecule has 0 amide bonds. The van der Waals surface area contributed by atoms with E-state index >= 15 is 0 Å². The smallest absolute Gasteiger partial charge is 0.263 e. The molecule has 0 N–H and O–H groups in total. The molecular formula is C25H26N4O2S2. The molecule has 4 aromatic heterocycles. The average molecular weight is 479 g/mol. The van der Waals surface area contributed by atoms with Crippen LogP contribution >= 0.6 is 23.1 Å². The molecule has 170 valence electrons. The van der Waals surface area contributed by atoms with Crippen LogP contribution in [0.15, 0.2) is 39.1 Å². The van der Waals surface area contributed by atoms with Gasteiger partial charge in [0.15, 0.2) is 5.16 Å². The van der Waals surface area contributed by atoms with E-state index in [2.05, 4.69) is 0 Å². The number of aryl methyl sites for hydroxylation is 3. The van der Waals surface area contributed by atoms with Crippen LogP contribution in [0.1, 0.15) is 66.3 Å². The van der Waals surface area contributed by atoms with Crippen molar-refractivity contribution in [3.05, 3.63) is 66.8 Å². The molecule has 0 spiro atoms. The summed E-state index contributed by atoms with van der Waals surface area (Å²) in [6, 6.07) is 5.64. The second-order valence-electron chi connectivity index (χ2n) is 9.16. The molecule has 33 heavy (non-hydrogen) atoms. The largest absolute Gasteiger partial charge is 0.284 e. The third-order valence-corrected chi connectivity index (χ3v) is 9.14. The van der Waals surface area contributed by atoms with Gasteiger partial charge >= 0.3 is 0 Å². The number of thioether (sulfide) groups is 1.